The molecule has 2 N–H and O–H groups in total. The van der Waals surface area contributed by atoms with Gasteiger partial charge in [0.2, 0.25) is 11.8 Å². The molecule has 2 aliphatic rings. The van der Waals surface area contributed by atoms with E-state index in [4.69, 9.17) is 0 Å². The van der Waals surface area contributed by atoms with Gasteiger partial charge in [0, 0.05) is 19.2 Å². The van der Waals surface area contributed by atoms with Crippen LogP contribution in [0.1, 0.15) is 52.2 Å². The summed E-state index contributed by atoms with van der Waals surface area (Å²) in [5, 5.41) is 13.3. The number of hydrogen-bond donors (Lipinski definition) is 2. The maximum Gasteiger partial charge on any atom is 0.264 e. The second kappa shape index (κ2) is 6.55. The van der Waals surface area contributed by atoms with Gasteiger partial charge in [-0.3, -0.25) is 34.1 Å². The summed E-state index contributed by atoms with van der Waals surface area (Å²) in [5.74, 6) is -2.12. The molecule has 0 saturated carbocycles. The number of carbonyl (C=O) groups excluding carboxylic acids is 4. The van der Waals surface area contributed by atoms with E-state index in [9.17, 15) is 19.2 Å². The van der Waals surface area contributed by atoms with Crippen molar-refractivity contribution in [3.8, 4) is 0 Å². The normalized spacial score (nSPS) is 20.2. The number of hydrogen-bond acceptors (Lipinski definition) is 7. The van der Waals surface area contributed by atoms with Crippen molar-refractivity contribution in [1.29, 1.82) is 0 Å². The third kappa shape index (κ3) is 2.82. The molecule has 0 radical (unpaired) electrons. The number of piperidine rings is 1. The van der Waals surface area contributed by atoms with Crippen molar-refractivity contribution >= 4 is 29.3 Å². The number of imide groups is 2. The Morgan fingerprint density at radius 1 is 1.21 bits per heavy atom. The lowest BCUT2D eigenvalue weighted by Gasteiger charge is -2.27. The number of rotatable bonds is 4. The molecule has 10 nitrogen and oxygen atoms in total. The van der Waals surface area contributed by atoms with E-state index in [2.05, 4.69) is 20.9 Å². The van der Waals surface area contributed by atoms with Gasteiger partial charge in [0.15, 0.2) is 0 Å². The lowest BCUT2D eigenvalue weighted by molar-refractivity contribution is -0.136. The standard InChI is InChI=1S/C18H18N6O4/c1-9(12-8-23(2)22-21-12)19-11-5-3-4-10-15(11)18(28)24(17(10)27)13-6-7-14(25)20-16(13)26/h3-5,8-9,13,19H,6-7H2,1-2H3,(H,20,25,26). The molecule has 2 aliphatic heterocycles. The molecule has 2 aromatic rings. The first-order chi connectivity index (χ1) is 13.4. The Bertz CT molecular complexity index is 1010. The number of nitrogens with zero attached hydrogens (tertiary/aromatic N) is 4. The average molecular weight is 382 g/mol. The molecule has 0 aliphatic carbocycles. The Morgan fingerprint density at radius 2 is 2.00 bits per heavy atom. The minimum atomic E-state index is -0.990. The highest BCUT2D eigenvalue weighted by molar-refractivity contribution is 6.25. The number of amides is 4. The number of aromatic nitrogens is 3. The monoisotopic (exact) mass is 382 g/mol. The van der Waals surface area contributed by atoms with Gasteiger partial charge in [0.1, 0.15) is 11.7 Å². The molecule has 0 bridgehead atoms. The fourth-order valence-electron chi connectivity index (χ4n) is 3.51. The number of fused-ring (bicyclic) bond motifs is 1. The number of benzene rings is 1. The average Bonchev–Trinajstić information content (AvgIpc) is 3.19. The van der Waals surface area contributed by atoms with E-state index in [1.165, 1.54) is 0 Å². The minimum absolute atomic E-state index is 0.0820. The van der Waals surface area contributed by atoms with Crippen molar-refractivity contribution in [3.05, 3.63) is 41.2 Å². The summed E-state index contributed by atoms with van der Waals surface area (Å²) in [4.78, 5) is 50.4. The Balaban J connectivity index is 1.64. The molecule has 4 rings (SSSR count). The van der Waals surface area contributed by atoms with Gasteiger partial charge in [0.25, 0.3) is 11.8 Å². The van der Waals surface area contributed by atoms with Crippen LogP contribution in [0.5, 0.6) is 0 Å². The first-order valence-electron chi connectivity index (χ1n) is 8.84. The molecular weight excluding hydrogens is 364 g/mol. The van der Waals surface area contributed by atoms with E-state index in [-0.39, 0.29) is 30.0 Å². The molecule has 1 aromatic carbocycles. The van der Waals surface area contributed by atoms with Crippen LogP contribution >= 0.6 is 0 Å². The Labute approximate surface area is 159 Å². The summed E-state index contributed by atoms with van der Waals surface area (Å²) in [6.45, 7) is 1.86. The summed E-state index contributed by atoms with van der Waals surface area (Å²) in [7, 11) is 1.75. The molecule has 1 saturated heterocycles. The van der Waals surface area contributed by atoms with E-state index >= 15 is 0 Å². The predicted molar refractivity (Wildman–Crippen MR) is 96.2 cm³/mol. The van der Waals surface area contributed by atoms with E-state index in [0.29, 0.717) is 11.4 Å². The van der Waals surface area contributed by atoms with Crippen molar-refractivity contribution in [2.24, 2.45) is 7.05 Å². The lowest BCUT2D eigenvalue weighted by atomic mass is 10.0. The summed E-state index contributed by atoms with van der Waals surface area (Å²) in [6, 6.07) is 3.68. The van der Waals surface area contributed by atoms with Crippen molar-refractivity contribution in [3.63, 3.8) is 0 Å². The molecule has 1 aromatic heterocycles. The summed E-state index contributed by atoms with van der Waals surface area (Å²) in [6.07, 6.45) is 1.96. The number of aryl methyl sites for hydroxylation is 1. The third-order valence-corrected chi connectivity index (χ3v) is 4.90. The zero-order valence-corrected chi connectivity index (χ0v) is 15.3. The molecule has 10 heteroatoms. The molecule has 3 heterocycles. The topological polar surface area (TPSA) is 126 Å². The Morgan fingerprint density at radius 3 is 2.68 bits per heavy atom. The third-order valence-electron chi connectivity index (χ3n) is 4.90. The lowest BCUT2D eigenvalue weighted by Crippen LogP contribution is -2.54. The van der Waals surface area contributed by atoms with Crippen LogP contribution in [0.15, 0.2) is 24.4 Å². The SMILES string of the molecule is CC(Nc1cccc2c1C(=O)N(C1CCC(=O)NC1=O)C2=O)c1cn(C)nn1. The number of nitrogens with one attached hydrogen (secondary N) is 2. The second-order valence-corrected chi connectivity index (χ2v) is 6.86. The van der Waals surface area contributed by atoms with E-state index in [1.807, 2.05) is 6.92 Å². The summed E-state index contributed by atoms with van der Waals surface area (Å²) < 4.78 is 1.57. The zero-order valence-electron chi connectivity index (χ0n) is 15.3. The minimum Gasteiger partial charge on any atom is -0.376 e. The van der Waals surface area contributed by atoms with E-state index in [1.54, 1.807) is 36.1 Å². The van der Waals surface area contributed by atoms with Crippen LogP contribution in [0.4, 0.5) is 5.69 Å². The zero-order chi connectivity index (χ0) is 20.0. The van der Waals surface area contributed by atoms with E-state index < -0.39 is 29.7 Å². The van der Waals surface area contributed by atoms with Crippen LogP contribution in [0.2, 0.25) is 0 Å². The van der Waals surface area contributed by atoms with Gasteiger partial charge < -0.3 is 5.32 Å². The van der Waals surface area contributed by atoms with Crippen molar-refractivity contribution < 1.29 is 19.2 Å². The van der Waals surface area contributed by atoms with Crippen LogP contribution in [-0.4, -0.2) is 49.6 Å². The van der Waals surface area contributed by atoms with Crippen LogP contribution in [0.3, 0.4) is 0 Å². The maximum absolute atomic E-state index is 13.0. The highest BCUT2D eigenvalue weighted by atomic mass is 16.2. The Hall–Kier alpha value is -3.56. The first kappa shape index (κ1) is 17.8. The first-order valence-corrected chi connectivity index (χ1v) is 8.84. The van der Waals surface area contributed by atoms with E-state index in [0.717, 1.165) is 4.90 Å². The molecule has 2 unspecified atom stereocenters. The van der Waals surface area contributed by atoms with Gasteiger partial charge in [-0.05, 0) is 25.5 Å². The van der Waals surface area contributed by atoms with Gasteiger partial charge in [-0.25, -0.2) is 0 Å². The number of carbonyl (C=O) groups is 4. The van der Waals surface area contributed by atoms with Gasteiger partial charge >= 0.3 is 0 Å². The van der Waals surface area contributed by atoms with Crippen LogP contribution in [0.25, 0.3) is 0 Å². The molecule has 144 valence electrons. The van der Waals surface area contributed by atoms with Gasteiger partial charge in [-0.2, -0.15) is 0 Å². The quantitative estimate of drug-likeness (QED) is 0.733. The molecule has 0 spiro atoms. The molecule has 28 heavy (non-hydrogen) atoms. The summed E-state index contributed by atoms with van der Waals surface area (Å²) in [5.41, 5.74) is 1.60. The van der Waals surface area contributed by atoms with Crippen LogP contribution in [-0.2, 0) is 16.6 Å². The maximum atomic E-state index is 13.0. The highest BCUT2D eigenvalue weighted by Gasteiger charge is 2.45. The van der Waals surface area contributed by atoms with Gasteiger partial charge in [0.05, 0.1) is 23.4 Å². The molecule has 2 atom stereocenters. The smallest absolute Gasteiger partial charge is 0.264 e. The Kier molecular flexibility index (Phi) is 4.17. The van der Waals surface area contributed by atoms with Gasteiger partial charge in [-0.1, -0.05) is 11.3 Å². The largest absolute Gasteiger partial charge is 0.376 e. The van der Waals surface area contributed by atoms with Crippen LogP contribution < -0.4 is 10.6 Å². The molecule has 1 fully saturated rings. The van der Waals surface area contributed by atoms with Crippen molar-refractivity contribution in [2.45, 2.75) is 31.8 Å². The second-order valence-electron chi connectivity index (χ2n) is 6.86. The fourth-order valence-corrected chi connectivity index (χ4v) is 3.51. The predicted octanol–water partition coefficient (Wildman–Crippen LogP) is 0.389. The molecule has 4 amide bonds. The van der Waals surface area contributed by atoms with Gasteiger partial charge in [-0.15, -0.1) is 5.10 Å². The number of anilines is 1. The molecular formula is C18H18N6O4. The highest BCUT2D eigenvalue weighted by Crippen LogP contribution is 2.33. The summed E-state index contributed by atoms with van der Waals surface area (Å²) >= 11 is 0. The van der Waals surface area contributed by atoms with Crippen molar-refractivity contribution in [1.82, 2.24) is 25.2 Å². The fraction of sp³-hybridized carbons (Fsp3) is 0.333. The van der Waals surface area contributed by atoms with Crippen molar-refractivity contribution in [2.75, 3.05) is 5.32 Å². The van der Waals surface area contributed by atoms with Crippen LogP contribution in [0, 0.1) is 0 Å².